The van der Waals surface area contributed by atoms with E-state index in [-0.39, 0.29) is 5.56 Å². The zero-order chi connectivity index (χ0) is 12.8. The Morgan fingerprint density at radius 3 is 2.76 bits per heavy atom. The van der Waals surface area contributed by atoms with Gasteiger partial charge in [0.1, 0.15) is 5.75 Å². The lowest BCUT2D eigenvalue weighted by Crippen LogP contribution is -2.04. The molecule has 0 radical (unpaired) electrons. The molecule has 0 heterocycles. The maximum Gasteiger partial charge on any atom is 0.335 e. The van der Waals surface area contributed by atoms with Gasteiger partial charge in [0.05, 0.1) is 17.9 Å². The quantitative estimate of drug-likeness (QED) is 0.589. The molecule has 1 aromatic rings. The minimum absolute atomic E-state index is 0.193. The lowest BCUT2D eigenvalue weighted by atomic mass is 10.1. The number of hydrogen-bond donors (Lipinski definition) is 2. The number of nitrogen functional groups attached to an aromatic ring is 1. The number of carboxylic acid groups (broad SMARTS) is 1. The largest absolute Gasteiger partial charge is 0.491 e. The van der Waals surface area contributed by atoms with Crippen LogP contribution in [0.1, 0.15) is 37.0 Å². The molecule has 1 rings (SSSR count). The Kier molecular flexibility index (Phi) is 4.82. The van der Waals surface area contributed by atoms with Crippen LogP contribution in [0.15, 0.2) is 18.2 Å². The number of rotatable bonds is 6. The van der Waals surface area contributed by atoms with Gasteiger partial charge in [0.15, 0.2) is 0 Å². The van der Waals surface area contributed by atoms with Gasteiger partial charge in [-0.2, -0.15) is 0 Å². The summed E-state index contributed by atoms with van der Waals surface area (Å²) in [5.41, 5.74) is 6.38. The van der Waals surface area contributed by atoms with Gasteiger partial charge in [-0.15, -0.1) is 0 Å². The van der Waals surface area contributed by atoms with Crippen LogP contribution in [0.25, 0.3) is 0 Å². The molecule has 0 spiro atoms. The molecule has 3 N–H and O–H groups in total. The third-order valence-corrected chi connectivity index (χ3v) is 2.44. The average Bonchev–Trinajstić information content (AvgIpc) is 2.25. The lowest BCUT2D eigenvalue weighted by Gasteiger charge is -2.10. The minimum Gasteiger partial charge on any atom is -0.491 e. The van der Waals surface area contributed by atoms with Crippen LogP contribution in [-0.4, -0.2) is 17.7 Å². The molecule has 4 nitrogen and oxygen atoms in total. The van der Waals surface area contributed by atoms with Crippen LogP contribution in [0.4, 0.5) is 5.69 Å². The monoisotopic (exact) mass is 237 g/mol. The SMILES string of the molecule is CC(C)CCCOc1cc(C(=O)O)ccc1N. The van der Waals surface area contributed by atoms with Crippen LogP contribution in [0.2, 0.25) is 0 Å². The van der Waals surface area contributed by atoms with E-state index in [1.165, 1.54) is 12.1 Å². The van der Waals surface area contributed by atoms with E-state index in [0.29, 0.717) is 24.0 Å². The van der Waals surface area contributed by atoms with Crippen LogP contribution in [-0.2, 0) is 0 Å². The molecule has 0 unspecified atom stereocenters. The van der Waals surface area contributed by atoms with Crippen molar-refractivity contribution >= 4 is 11.7 Å². The first-order valence-corrected chi connectivity index (χ1v) is 5.76. The summed E-state index contributed by atoms with van der Waals surface area (Å²) >= 11 is 0. The first kappa shape index (κ1) is 13.4. The van der Waals surface area contributed by atoms with Crippen molar-refractivity contribution in [2.45, 2.75) is 26.7 Å². The number of anilines is 1. The molecular weight excluding hydrogens is 218 g/mol. The van der Waals surface area contributed by atoms with Gasteiger partial charge < -0.3 is 15.6 Å². The van der Waals surface area contributed by atoms with E-state index in [1.54, 1.807) is 6.07 Å². The van der Waals surface area contributed by atoms with Crippen molar-refractivity contribution in [1.82, 2.24) is 0 Å². The summed E-state index contributed by atoms with van der Waals surface area (Å²) in [4.78, 5) is 10.8. The molecule has 0 aromatic heterocycles. The van der Waals surface area contributed by atoms with E-state index < -0.39 is 5.97 Å². The number of nitrogens with two attached hydrogens (primary N) is 1. The van der Waals surface area contributed by atoms with Crippen LogP contribution in [0.3, 0.4) is 0 Å². The predicted octanol–water partition coefficient (Wildman–Crippen LogP) is 2.78. The number of benzene rings is 1. The van der Waals surface area contributed by atoms with Gasteiger partial charge in [0.2, 0.25) is 0 Å². The molecule has 0 saturated carbocycles. The molecule has 0 atom stereocenters. The Morgan fingerprint density at radius 2 is 2.18 bits per heavy atom. The van der Waals surface area contributed by atoms with Gasteiger partial charge in [-0.25, -0.2) is 4.79 Å². The molecule has 0 aliphatic rings. The second-order valence-corrected chi connectivity index (χ2v) is 4.44. The highest BCUT2D eigenvalue weighted by Crippen LogP contribution is 2.23. The fraction of sp³-hybridized carbons (Fsp3) is 0.462. The highest BCUT2D eigenvalue weighted by Gasteiger charge is 2.07. The summed E-state index contributed by atoms with van der Waals surface area (Å²) in [7, 11) is 0. The molecule has 0 bridgehead atoms. The summed E-state index contributed by atoms with van der Waals surface area (Å²) in [6, 6.07) is 4.49. The molecule has 4 heteroatoms. The van der Waals surface area contributed by atoms with Gasteiger partial charge in [-0.3, -0.25) is 0 Å². The number of aromatic carboxylic acids is 1. The Balaban J connectivity index is 2.57. The molecule has 94 valence electrons. The number of carbonyl (C=O) groups is 1. The van der Waals surface area contributed by atoms with Gasteiger partial charge in [0.25, 0.3) is 0 Å². The van der Waals surface area contributed by atoms with E-state index in [4.69, 9.17) is 15.6 Å². The topological polar surface area (TPSA) is 72.5 Å². The smallest absolute Gasteiger partial charge is 0.335 e. The van der Waals surface area contributed by atoms with Gasteiger partial charge in [0, 0.05) is 0 Å². The first-order chi connectivity index (χ1) is 8.00. The molecule has 0 aliphatic carbocycles. The summed E-state index contributed by atoms with van der Waals surface area (Å²) in [6.07, 6.45) is 2.02. The highest BCUT2D eigenvalue weighted by molar-refractivity contribution is 5.89. The maximum atomic E-state index is 10.8. The van der Waals surface area contributed by atoms with E-state index in [2.05, 4.69) is 13.8 Å². The van der Waals surface area contributed by atoms with Crippen molar-refractivity contribution in [3.8, 4) is 5.75 Å². The third-order valence-electron chi connectivity index (χ3n) is 2.44. The molecule has 1 aromatic carbocycles. The fourth-order valence-electron chi connectivity index (χ4n) is 1.47. The molecule has 0 saturated heterocycles. The number of carboxylic acids is 1. The Hall–Kier alpha value is -1.71. The summed E-state index contributed by atoms with van der Waals surface area (Å²) in [6.45, 7) is 4.87. The molecule has 17 heavy (non-hydrogen) atoms. The van der Waals surface area contributed by atoms with E-state index >= 15 is 0 Å². The standard InChI is InChI=1S/C13H19NO3/c1-9(2)4-3-7-17-12-8-10(13(15)16)5-6-11(12)14/h5-6,8-9H,3-4,7,14H2,1-2H3,(H,15,16). The van der Waals surface area contributed by atoms with E-state index in [1.807, 2.05) is 0 Å². The summed E-state index contributed by atoms with van der Waals surface area (Å²) < 4.78 is 5.49. The van der Waals surface area contributed by atoms with Crippen molar-refractivity contribution in [3.63, 3.8) is 0 Å². The lowest BCUT2D eigenvalue weighted by molar-refractivity contribution is 0.0696. The number of ether oxygens (including phenoxy) is 1. The Morgan fingerprint density at radius 1 is 1.47 bits per heavy atom. The van der Waals surface area contributed by atoms with Crippen LogP contribution in [0, 0.1) is 5.92 Å². The normalized spacial score (nSPS) is 10.5. The van der Waals surface area contributed by atoms with Crippen molar-refractivity contribution in [3.05, 3.63) is 23.8 Å². The van der Waals surface area contributed by atoms with E-state index in [9.17, 15) is 4.79 Å². The second-order valence-electron chi connectivity index (χ2n) is 4.44. The van der Waals surface area contributed by atoms with E-state index in [0.717, 1.165) is 12.8 Å². The minimum atomic E-state index is -0.975. The Labute approximate surface area is 101 Å². The predicted molar refractivity (Wildman–Crippen MR) is 67.4 cm³/mol. The molecule has 0 fully saturated rings. The Bertz CT molecular complexity index is 388. The summed E-state index contributed by atoms with van der Waals surface area (Å²) in [5, 5.41) is 8.85. The van der Waals surface area contributed by atoms with Crippen molar-refractivity contribution in [2.24, 2.45) is 5.92 Å². The molecule has 0 amide bonds. The zero-order valence-corrected chi connectivity index (χ0v) is 10.3. The zero-order valence-electron chi connectivity index (χ0n) is 10.3. The third kappa shape index (κ3) is 4.34. The van der Waals surface area contributed by atoms with Gasteiger partial charge in [-0.1, -0.05) is 13.8 Å². The fourth-order valence-corrected chi connectivity index (χ4v) is 1.47. The number of hydrogen-bond acceptors (Lipinski definition) is 3. The highest BCUT2D eigenvalue weighted by atomic mass is 16.5. The van der Waals surface area contributed by atoms with Crippen molar-refractivity contribution in [1.29, 1.82) is 0 Å². The van der Waals surface area contributed by atoms with Gasteiger partial charge >= 0.3 is 5.97 Å². The van der Waals surface area contributed by atoms with Crippen molar-refractivity contribution < 1.29 is 14.6 Å². The van der Waals surface area contributed by atoms with Crippen LogP contribution < -0.4 is 10.5 Å². The average molecular weight is 237 g/mol. The first-order valence-electron chi connectivity index (χ1n) is 5.76. The second kappa shape index (κ2) is 6.13. The van der Waals surface area contributed by atoms with Crippen LogP contribution in [0.5, 0.6) is 5.75 Å². The van der Waals surface area contributed by atoms with Crippen LogP contribution >= 0.6 is 0 Å². The van der Waals surface area contributed by atoms with Crippen molar-refractivity contribution in [2.75, 3.05) is 12.3 Å². The summed E-state index contributed by atoms with van der Waals surface area (Å²) in [5.74, 6) is 0.118. The maximum absolute atomic E-state index is 10.8. The molecular formula is C13H19NO3. The van der Waals surface area contributed by atoms with Gasteiger partial charge in [-0.05, 0) is 37.0 Å². The molecule has 0 aliphatic heterocycles.